The average molecular weight is 351 g/mol. The molecule has 0 unspecified atom stereocenters. The molecular weight excluding hydrogens is 334 g/mol. The Morgan fingerprint density at radius 2 is 1.76 bits per heavy atom. The van der Waals surface area contributed by atoms with E-state index in [9.17, 15) is 4.79 Å². The normalized spacial score (nSPS) is 10.3. The van der Waals surface area contributed by atoms with Gasteiger partial charge in [0.25, 0.3) is 0 Å². The standard InChI is InChI=1S/C19H17N3O2S/c1-14-11-12-20-19(21-14)25-13-18(23)22-15-7-9-17(10-8-15)24-16-5-3-2-4-6-16/h2-12H,13H2,1H3,(H,22,23). The van der Waals surface area contributed by atoms with Crippen molar-refractivity contribution in [1.29, 1.82) is 0 Å². The summed E-state index contributed by atoms with van der Waals surface area (Å²) >= 11 is 1.31. The molecule has 0 aliphatic rings. The van der Waals surface area contributed by atoms with E-state index in [4.69, 9.17) is 4.74 Å². The van der Waals surface area contributed by atoms with Crippen molar-refractivity contribution in [2.45, 2.75) is 12.1 Å². The molecule has 2 aromatic carbocycles. The molecule has 0 spiro atoms. The first kappa shape index (κ1) is 17.0. The molecule has 25 heavy (non-hydrogen) atoms. The van der Waals surface area contributed by atoms with E-state index < -0.39 is 0 Å². The molecule has 1 amide bonds. The Morgan fingerprint density at radius 3 is 2.48 bits per heavy atom. The highest BCUT2D eigenvalue weighted by Gasteiger charge is 2.06. The van der Waals surface area contributed by atoms with E-state index in [-0.39, 0.29) is 11.7 Å². The maximum atomic E-state index is 12.0. The second kappa shape index (κ2) is 8.30. The summed E-state index contributed by atoms with van der Waals surface area (Å²) in [4.78, 5) is 20.4. The molecule has 5 nitrogen and oxygen atoms in total. The SMILES string of the molecule is Cc1ccnc(SCC(=O)Nc2ccc(Oc3ccccc3)cc2)n1. The quantitative estimate of drug-likeness (QED) is 0.530. The summed E-state index contributed by atoms with van der Waals surface area (Å²) in [6.07, 6.45) is 1.69. The van der Waals surface area contributed by atoms with Gasteiger partial charge in [-0.05, 0) is 49.4 Å². The van der Waals surface area contributed by atoms with Gasteiger partial charge in [0.15, 0.2) is 5.16 Å². The van der Waals surface area contributed by atoms with Crippen molar-refractivity contribution < 1.29 is 9.53 Å². The molecule has 0 fully saturated rings. The van der Waals surface area contributed by atoms with E-state index in [0.717, 1.165) is 17.1 Å². The number of aromatic nitrogens is 2. The number of rotatable bonds is 6. The second-order valence-corrected chi connectivity index (χ2v) is 6.20. The maximum absolute atomic E-state index is 12.0. The van der Waals surface area contributed by atoms with Gasteiger partial charge in [-0.25, -0.2) is 9.97 Å². The number of nitrogens with one attached hydrogen (secondary N) is 1. The molecule has 0 aliphatic carbocycles. The van der Waals surface area contributed by atoms with Crippen molar-refractivity contribution in [3.8, 4) is 11.5 Å². The monoisotopic (exact) mass is 351 g/mol. The van der Waals surface area contributed by atoms with Crippen molar-refractivity contribution >= 4 is 23.4 Å². The van der Waals surface area contributed by atoms with Crippen LogP contribution in [0.2, 0.25) is 0 Å². The van der Waals surface area contributed by atoms with Gasteiger partial charge in [0.2, 0.25) is 5.91 Å². The smallest absolute Gasteiger partial charge is 0.234 e. The summed E-state index contributed by atoms with van der Waals surface area (Å²) in [6.45, 7) is 1.89. The third-order valence-corrected chi connectivity index (χ3v) is 4.08. The molecule has 0 saturated heterocycles. The summed E-state index contributed by atoms with van der Waals surface area (Å²) in [5, 5.41) is 3.45. The highest BCUT2D eigenvalue weighted by Crippen LogP contribution is 2.22. The number of amides is 1. The van der Waals surface area contributed by atoms with Crippen LogP contribution < -0.4 is 10.1 Å². The first-order chi connectivity index (χ1) is 12.2. The third-order valence-electron chi connectivity index (χ3n) is 3.22. The number of thioether (sulfide) groups is 1. The van der Waals surface area contributed by atoms with Gasteiger partial charge in [0.05, 0.1) is 5.75 Å². The van der Waals surface area contributed by atoms with Crippen molar-refractivity contribution in [1.82, 2.24) is 9.97 Å². The highest BCUT2D eigenvalue weighted by molar-refractivity contribution is 7.99. The fraction of sp³-hybridized carbons (Fsp3) is 0.105. The Bertz CT molecular complexity index is 839. The molecule has 1 heterocycles. The van der Waals surface area contributed by atoms with E-state index in [1.807, 2.05) is 67.6 Å². The number of aryl methyl sites for hydroxylation is 1. The number of carbonyl (C=O) groups is 1. The summed E-state index contributed by atoms with van der Waals surface area (Å²) < 4.78 is 5.72. The van der Waals surface area contributed by atoms with E-state index >= 15 is 0 Å². The minimum atomic E-state index is -0.105. The van der Waals surface area contributed by atoms with Crippen LogP contribution in [0, 0.1) is 6.92 Å². The fourth-order valence-electron chi connectivity index (χ4n) is 2.05. The number of benzene rings is 2. The summed E-state index contributed by atoms with van der Waals surface area (Å²) in [7, 11) is 0. The molecule has 126 valence electrons. The molecule has 0 radical (unpaired) electrons. The Hall–Kier alpha value is -2.86. The zero-order valence-corrected chi connectivity index (χ0v) is 14.5. The number of hydrogen-bond acceptors (Lipinski definition) is 5. The lowest BCUT2D eigenvalue weighted by Crippen LogP contribution is -2.14. The van der Waals surface area contributed by atoms with E-state index in [1.54, 1.807) is 6.20 Å². The topological polar surface area (TPSA) is 64.1 Å². The van der Waals surface area contributed by atoms with Crippen LogP contribution >= 0.6 is 11.8 Å². The fourth-order valence-corrected chi connectivity index (χ4v) is 2.73. The number of ether oxygens (including phenoxy) is 1. The molecule has 1 N–H and O–H groups in total. The maximum Gasteiger partial charge on any atom is 0.234 e. The van der Waals surface area contributed by atoms with E-state index in [0.29, 0.717) is 10.9 Å². The minimum absolute atomic E-state index is 0.105. The van der Waals surface area contributed by atoms with Crippen molar-refractivity contribution in [2.75, 3.05) is 11.1 Å². The Balaban J connectivity index is 1.51. The Labute approximate surface area is 150 Å². The molecule has 3 aromatic rings. The van der Waals surface area contributed by atoms with E-state index in [1.165, 1.54) is 11.8 Å². The Morgan fingerprint density at radius 1 is 1.04 bits per heavy atom. The number of para-hydroxylation sites is 1. The van der Waals surface area contributed by atoms with Gasteiger partial charge in [-0.15, -0.1) is 0 Å². The van der Waals surface area contributed by atoms with Gasteiger partial charge in [0, 0.05) is 17.6 Å². The predicted molar refractivity (Wildman–Crippen MR) is 99.1 cm³/mol. The Kier molecular flexibility index (Phi) is 5.64. The molecule has 3 rings (SSSR count). The van der Waals surface area contributed by atoms with Gasteiger partial charge in [0.1, 0.15) is 11.5 Å². The molecule has 0 saturated carbocycles. The number of nitrogens with zero attached hydrogens (tertiary/aromatic N) is 2. The van der Waals surface area contributed by atoms with Crippen LogP contribution in [0.3, 0.4) is 0 Å². The number of anilines is 1. The van der Waals surface area contributed by atoms with Crippen LogP contribution in [0.1, 0.15) is 5.69 Å². The average Bonchev–Trinajstić information content (AvgIpc) is 2.63. The molecular formula is C19H17N3O2S. The van der Waals surface area contributed by atoms with Gasteiger partial charge in [-0.3, -0.25) is 4.79 Å². The second-order valence-electron chi connectivity index (χ2n) is 5.26. The van der Waals surface area contributed by atoms with Crippen molar-refractivity contribution in [3.63, 3.8) is 0 Å². The van der Waals surface area contributed by atoms with Crippen LogP contribution in [0.4, 0.5) is 5.69 Å². The lowest BCUT2D eigenvalue weighted by molar-refractivity contribution is -0.113. The number of carbonyl (C=O) groups excluding carboxylic acids is 1. The van der Waals surface area contributed by atoms with Gasteiger partial charge in [-0.1, -0.05) is 30.0 Å². The summed E-state index contributed by atoms with van der Waals surface area (Å²) in [5.41, 5.74) is 1.60. The van der Waals surface area contributed by atoms with Crippen molar-refractivity contribution in [3.05, 3.63) is 72.6 Å². The highest BCUT2D eigenvalue weighted by atomic mass is 32.2. The molecule has 0 bridgehead atoms. The lowest BCUT2D eigenvalue weighted by Gasteiger charge is -2.08. The number of hydrogen-bond donors (Lipinski definition) is 1. The predicted octanol–water partition coefficient (Wildman–Crippen LogP) is 4.31. The minimum Gasteiger partial charge on any atom is -0.457 e. The van der Waals surface area contributed by atoms with Crippen molar-refractivity contribution in [2.24, 2.45) is 0 Å². The largest absolute Gasteiger partial charge is 0.457 e. The van der Waals surface area contributed by atoms with Crippen LogP contribution in [0.25, 0.3) is 0 Å². The lowest BCUT2D eigenvalue weighted by atomic mass is 10.3. The van der Waals surface area contributed by atoms with Crippen LogP contribution in [-0.4, -0.2) is 21.6 Å². The first-order valence-corrected chi connectivity index (χ1v) is 8.73. The third kappa shape index (κ3) is 5.32. The summed E-state index contributed by atoms with van der Waals surface area (Å²) in [6, 6.07) is 18.6. The van der Waals surface area contributed by atoms with Crippen LogP contribution in [0.5, 0.6) is 11.5 Å². The summed E-state index contributed by atoms with van der Waals surface area (Å²) in [5.74, 6) is 1.64. The molecule has 6 heteroatoms. The van der Waals surface area contributed by atoms with Crippen LogP contribution in [-0.2, 0) is 4.79 Å². The van der Waals surface area contributed by atoms with Gasteiger partial charge < -0.3 is 10.1 Å². The molecule has 0 aliphatic heterocycles. The molecule has 1 aromatic heterocycles. The van der Waals surface area contributed by atoms with Gasteiger partial charge >= 0.3 is 0 Å². The van der Waals surface area contributed by atoms with Crippen LogP contribution in [0.15, 0.2) is 72.0 Å². The van der Waals surface area contributed by atoms with Gasteiger partial charge in [-0.2, -0.15) is 0 Å². The first-order valence-electron chi connectivity index (χ1n) is 7.74. The zero-order chi connectivity index (χ0) is 17.5. The zero-order valence-electron chi connectivity index (χ0n) is 13.7. The molecule has 0 atom stereocenters. The van der Waals surface area contributed by atoms with E-state index in [2.05, 4.69) is 15.3 Å².